The highest BCUT2D eigenvalue weighted by atomic mass is 16.4. The molecule has 0 aromatic heterocycles. The average molecular weight is 298 g/mol. The number of carbonyl (C=O) groups is 2. The summed E-state index contributed by atoms with van der Waals surface area (Å²) in [5, 5.41) is 15.1. The van der Waals surface area contributed by atoms with Crippen molar-refractivity contribution in [1.82, 2.24) is 10.6 Å². The van der Waals surface area contributed by atoms with Gasteiger partial charge in [-0.1, -0.05) is 20.8 Å². The number of carbonyl (C=O) groups excluding carboxylic acids is 1. The molecule has 5 nitrogen and oxygen atoms in total. The molecule has 1 amide bonds. The first-order valence-corrected chi connectivity index (χ1v) is 7.98. The summed E-state index contributed by atoms with van der Waals surface area (Å²) >= 11 is 0. The van der Waals surface area contributed by atoms with Gasteiger partial charge < -0.3 is 15.7 Å². The topological polar surface area (TPSA) is 78.4 Å². The zero-order valence-electron chi connectivity index (χ0n) is 13.6. The molecule has 0 radical (unpaired) electrons. The van der Waals surface area contributed by atoms with E-state index in [-0.39, 0.29) is 17.7 Å². The Kier molecular flexibility index (Phi) is 7.15. The van der Waals surface area contributed by atoms with Gasteiger partial charge >= 0.3 is 5.97 Å². The molecule has 3 N–H and O–H groups in total. The van der Waals surface area contributed by atoms with Gasteiger partial charge in [0.15, 0.2) is 0 Å². The van der Waals surface area contributed by atoms with Gasteiger partial charge in [0.2, 0.25) is 5.91 Å². The number of carboxylic acids is 1. The van der Waals surface area contributed by atoms with Gasteiger partial charge in [0.25, 0.3) is 0 Å². The molecule has 0 aromatic carbocycles. The van der Waals surface area contributed by atoms with E-state index < -0.39 is 5.97 Å². The second-order valence-corrected chi connectivity index (χ2v) is 7.20. The van der Waals surface area contributed by atoms with Crippen LogP contribution in [0.2, 0.25) is 0 Å². The van der Waals surface area contributed by atoms with Gasteiger partial charge in [-0.15, -0.1) is 0 Å². The van der Waals surface area contributed by atoms with Crippen LogP contribution in [0.25, 0.3) is 0 Å². The highest BCUT2D eigenvalue weighted by Crippen LogP contribution is 2.32. The van der Waals surface area contributed by atoms with Crippen molar-refractivity contribution in [3.05, 3.63) is 0 Å². The Morgan fingerprint density at radius 2 is 2.05 bits per heavy atom. The average Bonchev–Trinajstić information content (AvgIpc) is 2.84. The van der Waals surface area contributed by atoms with E-state index in [4.69, 9.17) is 5.11 Å². The molecule has 0 aromatic rings. The molecule has 5 heteroatoms. The highest BCUT2D eigenvalue weighted by molar-refractivity contribution is 5.76. The maximum atomic E-state index is 11.9. The van der Waals surface area contributed by atoms with Crippen LogP contribution >= 0.6 is 0 Å². The van der Waals surface area contributed by atoms with Crippen LogP contribution < -0.4 is 10.6 Å². The van der Waals surface area contributed by atoms with Gasteiger partial charge in [-0.25, -0.2) is 0 Å². The van der Waals surface area contributed by atoms with E-state index in [0.717, 1.165) is 25.9 Å². The minimum atomic E-state index is -0.748. The third kappa shape index (κ3) is 7.46. The molecule has 2 atom stereocenters. The lowest BCUT2D eigenvalue weighted by atomic mass is 9.76. The van der Waals surface area contributed by atoms with E-state index in [1.807, 2.05) is 0 Å². The van der Waals surface area contributed by atoms with Crippen molar-refractivity contribution in [1.29, 1.82) is 0 Å². The van der Waals surface area contributed by atoms with Crippen LogP contribution in [0.15, 0.2) is 0 Å². The summed E-state index contributed by atoms with van der Waals surface area (Å²) in [5.74, 6) is 0.147. The molecule has 1 aliphatic rings. The van der Waals surface area contributed by atoms with Crippen LogP contribution in [-0.2, 0) is 9.59 Å². The fourth-order valence-corrected chi connectivity index (χ4v) is 2.92. The third-order valence-electron chi connectivity index (χ3n) is 4.38. The second kappa shape index (κ2) is 8.37. The first kappa shape index (κ1) is 18.0. The van der Waals surface area contributed by atoms with Gasteiger partial charge in [-0.3, -0.25) is 9.59 Å². The number of hydrogen-bond donors (Lipinski definition) is 3. The number of aliphatic carboxylic acids is 1. The number of amides is 1. The maximum Gasteiger partial charge on any atom is 0.303 e. The lowest BCUT2D eigenvalue weighted by molar-refractivity contribution is -0.137. The summed E-state index contributed by atoms with van der Waals surface area (Å²) in [6.07, 6.45) is 3.38. The molecule has 0 bridgehead atoms. The molecular weight excluding hydrogens is 268 g/mol. The first-order valence-electron chi connectivity index (χ1n) is 7.98. The van der Waals surface area contributed by atoms with Crippen molar-refractivity contribution in [2.45, 2.75) is 52.9 Å². The molecule has 1 saturated heterocycles. The van der Waals surface area contributed by atoms with E-state index >= 15 is 0 Å². The quantitative estimate of drug-likeness (QED) is 0.640. The van der Waals surface area contributed by atoms with E-state index in [1.54, 1.807) is 0 Å². The van der Waals surface area contributed by atoms with Gasteiger partial charge in [-0.05, 0) is 49.6 Å². The largest absolute Gasteiger partial charge is 0.481 e. The fourth-order valence-electron chi connectivity index (χ4n) is 2.92. The van der Waals surface area contributed by atoms with E-state index in [1.165, 1.54) is 0 Å². The number of rotatable bonds is 8. The fraction of sp³-hybridized carbons (Fsp3) is 0.875. The van der Waals surface area contributed by atoms with Crippen molar-refractivity contribution in [2.75, 3.05) is 19.6 Å². The van der Waals surface area contributed by atoms with Crippen LogP contribution in [0, 0.1) is 17.3 Å². The van der Waals surface area contributed by atoms with Crippen LogP contribution in [0.3, 0.4) is 0 Å². The maximum absolute atomic E-state index is 11.9. The monoisotopic (exact) mass is 298 g/mol. The Hall–Kier alpha value is -1.10. The number of carboxylic acid groups (broad SMARTS) is 1. The lowest BCUT2D eigenvalue weighted by Gasteiger charge is -2.30. The Morgan fingerprint density at radius 1 is 1.33 bits per heavy atom. The molecule has 21 heavy (non-hydrogen) atoms. The van der Waals surface area contributed by atoms with Crippen LogP contribution in [0.5, 0.6) is 0 Å². The smallest absolute Gasteiger partial charge is 0.303 e. The molecule has 0 aliphatic carbocycles. The molecule has 0 spiro atoms. The zero-order valence-corrected chi connectivity index (χ0v) is 13.6. The summed E-state index contributed by atoms with van der Waals surface area (Å²) in [5.41, 5.74) is 0.0650. The molecule has 1 aliphatic heterocycles. The zero-order chi connectivity index (χ0) is 15.9. The first-order chi connectivity index (χ1) is 9.79. The molecule has 0 saturated carbocycles. The van der Waals surface area contributed by atoms with Crippen molar-refractivity contribution in [3.8, 4) is 0 Å². The second-order valence-electron chi connectivity index (χ2n) is 7.20. The predicted octanol–water partition coefficient (Wildman–Crippen LogP) is 2.02. The summed E-state index contributed by atoms with van der Waals surface area (Å²) < 4.78 is 0. The standard InChI is InChI=1S/C16H30N2O3/c1-16(2,3)13(4-5-15(20)21)7-9-18-14(19)10-12-6-8-17-11-12/h12-13,17H,4-11H2,1-3H3,(H,18,19)(H,20,21). The highest BCUT2D eigenvalue weighted by Gasteiger charge is 2.25. The Balaban J connectivity index is 2.28. The van der Waals surface area contributed by atoms with Crippen LogP contribution in [0.4, 0.5) is 0 Å². The summed E-state index contributed by atoms with van der Waals surface area (Å²) in [4.78, 5) is 22.6. The molecular formula is C16H30N2O3. The Labute approximate surface area is 127 Å². The minimum absolute atomic E-state index is 0.0650. The third-order valence-corrected chi connectivity index (χ3v) is 4.38. The number of nitrogens with one attached hydrogen (secondary N) is 2. The van der Waals surface area contributed by atoms with Crippen molar-refractivity contribution in [3.63, 3.8) is 0 Å². The van der Waals surface area contributed by atoms with E-state index in [0.29, 0.717) is 31.2 Å². The molecule has 1 rings (SSSR count). The molecule has 1 fully saturated rings. The minimum Gasteiger partial charge on any atom is -0.481 e. The molecule has 2 unspecified atom stereocenters. The SMILES string of the molecule is CC(C)(C)C(CCNC(=O)CC1CCNC1)CCC(=O)O. The van der Waals surface area contributed by atoms with Crippen molar-refractivity contribution >= 4 is 11.9 Å². The van der Waals surface area contributed by atoms with Gasteiger partial charge in [-0.2, -0.15) is 0 Å². The summed E-state index contributed by atoms with van der Waals surface area (Å²) in [6, 6.07) is 0. The van der Waals surface area contributed by atoms with E-state index in [2.05, 4.69) is 31.4 Å². The molecule has 122 valence electrons. The van der Waals surface area contributed by atoms with Gasteiger partial charge in [0.1, 0.15) is 0 Å². The van der Waals surface area contributed by atoms with Crippen molar-refractivity contribution < 1.29 is 14.7 Å². The Morgan fingerprint density at radius 3 is 2.57 bits per heavy atom. The van der Waals surface area contributed by atoms with Gasteiger partial charge in [0, 0.05) is 19.4 Å². The normalized spacial score (nSPS) is 20.2. The summed E-state index contributed by atoms with van der Waals surface area (Å²) in [6.45, 7) is 8.99. The molecule has 1 heterocycles. The van der Waals surface area contributed by atoms with Crippen molar-refractivity contribution in [2.24, 2.45) is 17.3 Å². The lowest BCUT2D eigenvalue weighted by Crippen LogP contribution is -2.31. The van der Waals surface area contributed by atoms with Crippen LogP contribution in [-0.4, -0.2) is 36.6 Å². The summed E-state index contributed by atoms with van der Waals surface area (Å²) in [7, 11) is 0. The predicted molar refractivity (Wildman–Crippen MR) is 83.0 cm³/mol. The van der Waals surface area contributed by atoms with E-state index in [9.17, 15) is 9.59 Å². The Bertz CT molecular complexity index is 344. The number of hydrogen-bond acceptors (Lipinski definition) is 3. The van der Waals surface area contributed by atoms with Gasteiger partial charge in [0.05, 0.1) is 0 Å². The van der Waals surface area contributed by atoms with Crippen LogP contribution in [0.1, 0.15) is 52.9 Å².